The van der Waals surface area contributed by atoms with E-state index < -0.39 is 0 Å². The summed E-state index contributed by atoms with van der Waals surface area (Å²) in [6.07, 6.45) is 3.07. The van der Waals surface area contributed by atoms with E-state index in [1.165, 1.54) is 6.20 Å². The molecule has 2 heterocycles. The van der Waals surface area contributed by atoms with Gasteiger partial charge in [0.15, 0.2) is 5.82 Å². The lowest BCUT2D eigenvalue weighted by molar-refractivity contribution is -0.144. The molecule has 18 heavy (non-hydrogen) atoms. The molecule has 0 aromatic carbocycles. The number of carbonyl (C=O) groups is 1. The molecular weight excluding hydrogens is 232 g/mol. The fourth-order valence-corrected chi connectivity index (χ4v) is 2.13. The van der Waals surface area contributed by atoms with Crippen LogP contribution >= 0.6 is 0 Å². The maximum Gasteiger partial charge on any atom is 0.328 e. The first-order chi connectivity index (χ1) is 8.77. The number of esters is 1. The molecule has 1 saturated heterocycles. The molecule has 1 unspecified atom stereocenters. The highest BCUT2D eigenvalue weighted by molar-refractivity contribution is 5.81. The summed E-state index contributed by atoms with van der Waals surface area (Å²) in [6, 6.07) is 3.31. The summed E-state index contributed by atoms with van der Waals surface area (Å²) in [7, 11) is 0. The van der Waals surface area contributed by atoms with Crippen LogP contribution in [0.4, 0.5) is 5.82 Å². The van der Waals surface area contributed by atoms with Crippen LogP contribution in [0.3, 0.4) is 0 Å². The smallest absolute Gasteiger partial charge is 0.328 e. The number of anilines is 1. The highest BCUT2D eigenvalue weighted by Gasteiger charge is 2.34. The Labute approximate surface area is 105 Å². The van der Waals surface area contributed by atoms with Crippen LogP contribution in [-0.4, -0.2) is 35.4 Å². The van der Waals surface area contributed by atoms with Crippen LogP contribution in [0.15, 0.2) is 12.3 Å². The zero-order chi connectivity index (χ0) is 13.0. The molecule has 6 heteroatoms. The van der Waals surface area contributed by atoms with Crippen LogP contribution < -0.4 is 4.90 Å². The van der Waals surface area contributed by atoms with Gasteiger partial charge in [0.2, 0.25) is 0 Å². The van der Waals surface area contributed by atoms with Gasteiger partial charge in [-0.1, -0.05) is 0 Å². The average Bonchev–Trinajstić information content (AvgIpc) is 2.88. The number of hydrogen-bond donors (Lipinski definition) is 0. The van der Waals surface area contributed by atoms with E-state index >= 15 is 0 Å². The molecule has 0 saturated carbocycles. The lowest BCUT2D eigenvalue weighted by Crippen LogP contribution is -2.38. The number of rotatable bonds is 3. The summed E-state index contributed by atoms with van der Waals surface area (Å²) in [5, 5.41) is 16.8. The van der Waals surface area contributed by atoms with Crippen LogP contribution in [-0.2, 0) is 9.53 Å². The van der Waals surface area contributed by atoms with E-state index in [0.29, 0.717) is 24.5 Å². The Kier molecular flexibility index (Phi) is 3.72. The lowest BCUT2D eigenvalue weighted by Gasteiger charge is -2.23. The lowest BCUT2D eigenvalue weighted by atomic mass is 10.2. The highest BCUT2D eigenvalue weighted by atomic mass is 16.5. The first kappa shape index (κ1) is 12.3. The van der Waals surface area contributed by atoms with E-state index in [4.69, 9.17) is 10.00 Å². The minimum atomic E-state index is -0.353. The van der Waals surface area contributed by atoms with Crippen molar-refractivity contribution in [3.8, 4) is 6.07 Å². The summed E-state index contributed by atoms with van der Waals surface area (Å²) >= 11 is 0. The zero-order valence-corrected chi connectivity index (χ0v) is 10.2. The molecule has 0 aliphatic carbocycles. The minimum Gasteiger partial charge on any atom is -0.464 e. The van der Waals surface area contributed by atoms with Crippen molar-refractivity contribution in [2.24, 2.45) is 0 Å². The predicted molar refractivity (Wildman–Crippen MR) is 63.7 cm³/mol. The summed E-state index contributed by atoms with van der Waals surface area (Å²) in [5.74, 6) is 0.208. The van der Waals surface area contributed by atoms with Crippen LogP contribution in [0, 0.1) is 11.3 Å². The van der Waals surface area contributed by atoms with Gasteiger partial charge in [-0.05, 0) is 25.8 Å². The van der Waals surface area contributed by atoms with Crippen molar-refractivity contribution in [3.63, 3.8) is 0 Å². The van der Waals surface area contributed by atoms with E-state index in [2.05, 4.69) is 16.3 Å². The number of nitriles is 1. The largest absolute Gasteiger partial charge is 0.464 e. The first-order valence-electron chi connectivity index (χ1n) is 5.93. The Morgan fingerprint density at radius 1 is 1.72 bits per heavy atom. The SMILES string of the molecule is CCOC(=O)C1CCCN1c1nnccc1C#N. The molecule has 94 valence electrons. The number of hydrogen-bond acceptors (Lipinski definition) is 6. The minimum absolute atomic E-state index is 0.260. The number of ether oxygens (including phenoxy) is 1. The van der Waals surface area contributed by atoms with Crippen molar-refractivity contribution < 1.29 is 9.53 Å². The zero-order valence-electron chi connectivity index (χ0n) is 10.2. The van der Waals surface area contributed by atoms with Crippen LogP contribution in [0.1, 0.15) is 25.3 Å². The second-order valence-electron chi connectivity index (χ2n) is 3.98. The van der Waals surface area contributed by atoms with Gasteiger partial charge in [-0.2, -0.15) is 10.4 Å². The van der Waals surface area contributed by atoms with Crippen molar-refractivity contribution >= 4 is 11.8 Å². The Hall–Kier alpha value is -2.16. The van der Waals surface area contributed by atoms with Crippen molar-refractivity contribution in [1.29, 1.82) is 5.26 Å². The van der Waals surface area contributed by atoms with Gasteiger partial charge in [0.05, 0.1) is 18.4 Å². The fraction of sp³-hybridized carbons (Fsp3) is 0.500. The molecule has 1 aromatic rings. The van der Waals surface area contributed by atoms with Gasteiger partial charge in [-0.25, -0.2) is 4.79 Å². The molecule has 1 atom stereocenters. The van der Waals surface area contributed by atoms with E-state index in [0.717, 1.165) is 12.8 Å². The van der Waals surface area contributed by atoms with Crippen molar-refractivity contribution in [2.75, 3.05) is 18.1 Å². The van der Waals surface area contributed by atoms with Crippen LogP contribution in [0.25, 0.3) is 0 Å². The Balaban J connectivity index is 2.26. The van der Waals surface area contributed by atoms with Crippen molar-refractivity contribution in [3.05, 3.63) is 17.8 Å². The van der Waals surface area contributed by atoms with Crippen LogP contribution in [0.5, 0.6) is 0 Å². The summed E-state index contributed by atoms with van der Waals surface area (Å²) in [6.45, 7) is 2.83. The second-order valence-corrected chi connectivity index (χ2v) is 3.98. The molecule has 1 aliphatic heterocycles. The summed E-state index contributed by atoms with van der Waals surface area (Å²) < 4.78 is 5.04. The highest BCUT2D eigenvalue weighted by Crippen LogP contribution is 2.26. The molecule has 1 fully saturated rings. The third-order valence-corrected chi connectivity index (χ3v) is 2.91. The molecule has 6 nitrogen and oxygen atoms in total. The molecule has 0 N–H and O–H groups in total. The van der Waals surface area contributed by atoms with E-state index in [1.54, 1.807) is 13.0 Å². The van der Waals surface area contributed by atoms with E-state index in [-0.39, 0.29) is 12.0 Å². The fourth-order valence-electron chi connectivity index (χ4n) is 2.13. The Morgan fingerprint density at radius 3 is 3.28 bits per heavy atom. The molecule has 2 rings (SSSR count). The molecule has 1 aliphatic rings. The van der Waals surface area contributed by atoms with Gasteiger partial charge in [0, 0.05) is 6.54 Å². The molecular formula is C12H14N4O2. The van der Waals surface area contributed by atoms with Gasteiger partial charge >= 0.3 is 5.97 Å². The molecule has 0 radical (unpaired) electrons. The third kappa shape index (κ3) is 2.25. The van der Waals surface area contributed by atoms with Crippen LogP contribution in [0.2, 0.25) is 0 Å². The molecule has 0 spiro atoms. The van der Waals surface area contributed by atoms with Gasteiger partial charge < -0.3 is 9.64 Å². The monoisotopic (exact) mass is 246 g/mol. The van der Waals surface area contributed by atoms with Gasteiger partial charge in [0.1, 0.15) is 12.1 Å². The van der Waals surface area contributed by atoms with E-state index in [9.17, 15) is 4.79 Å². The Bertz CT molecular complexity index is 483. The van der Waals surface area contributed by atoms with Crippen molar-refractivity contribution in [1.82, 2.24) is 10.2 Å². The number of nitrogens with zero attached hydrogens (tertiary/aromatic N) is 4. The van der Waals surface area contributed by atoms with Gasteiger partial charge in [-0.15, -0.1) is 5.10 Å². The quantitative estimate of drug-likeness (QED) is 0.736. The maximum absolute atomic E-state index is 11.8. The molecule has 0 amide bonds. The van der Waals surface area contributed by atoms with Crippen molar-refractivity contribution in [2.45, 2.75) is 25.8 Å². The first-order valence-corrected chi connectivity index (χ1v) is 5.93. The van der Waals surface area contributed by atoms with Gasteiger partial charge in [0.25, 0.3) is 0 Å². The Morgan fingerprint density at radius 2 is 2.56 bits per heavy atom. The standard InChI is InChI=1S/C12H14N4O2/c1-2-18-12(17)10-4-3-7-16(10)11-9(8-13)5-6-14-15-11/h5-6,10H,2-4,7H2,1H3. The molecule has 1 aromatic heterocycles. The number of aromatic nitrogens is 2. The summed E-state index contributed by atoms with van der Waals surface area (Å²) in [5.41, 5.74) is 0.432. The van der Waals surface area contributed by atoms with E-state index in [1.807, 2.05) is 4.90 Å². The summed E-state index contributed by atoms with van der Waals surface area (Å²) in [4.78, 5) is 13.6. The second kappa shape index (κ2) is 5.45. The predicted octanol–water partition coefficient (Wildman–Crippen LogP) is 0.880. The normalized spacial score (nSPS) is 18.4. The number of carbonyl (C=O) groups excluding carboxylic acids is 1. The van der Waals surface area contributed by atoms with Gasteiger partial charge in [-0.3, -0.25) is 0 Å². The topological polar surface area (TPSA) is 79.1 Å². The molecule has 0 bridgehead atoms. The average molecular weight is 246 g/mol. The maximum atomic E-state index is 11.8. The third-order valence-electron chi connectivity index (χ3n) is 2.91.